The Morgan fingerprint density at radius 1 is 1.05 bits per heavy atom. The van der Waals surface area contributed by atoms with Crippen LogP contribution in [0.1, 0.15) is 18.4 Å². The second kappa shape index (κ2) is 8.92. The highest BCUT2D eigenvalue weighted by atomic mass is 16.5. The molecule has 0 aliphatic heterocycles. The van der Waals surface area contributed by atoms with E-state index < -0.39 is 0 Å². The van der Waals surface area contributed by atoms with E-state index in [4.69, 9.17) is 9.47 Å². The molecule has 0 saturated heterocycles. The first-order valence-corrected chi connectivity index (χ1v) is 7.03. The van der Waals surface area contributed by atoms with Crippen molar-refractivity contribution in [3.8, 4) is 11.5 Å². The molecule has 22 heavy (non-hydrogen) atoms. The smallest absolute Gasteiger partial charge is 0.307 e. The monoisotopic (exact) mass is 309 g/mol. The van der Waals surface area contributed by atoms with Gasteiger partial charge in [-0.25, -0.2) is 0 Å². The van der Waals surface area contributed by atoms with E-state index in [9.17, 15) is 9.59 Å². The van der Waals surface area contributed by atoms with E-state index in [1.807, 2.05) is 18.2 Å². The minimum atomic E-state index is -0.320. The number of methoxy groups -OCH3 is 3. The molecule has 0 saturated carbocycles. The number of hydrogen-bond donors (Lipinski definition) is 0. The maximum absolute atomic E-state index is 12.0. The molecule has 0 aromatic heterocycles. The van der Waals surface area contributed by atoms with Gasteiger partial charge in [-0.05, 0) is 24.1 Å². The molecule has 6 heteroatoms. The first-order chi connectivity index (χ1) is 10.5. The summed E-state index contributed by atoms with van der Waals surface area (Å²) in [5, 5.41) is 0. The van der Waals surface area contributed by atoms with Crippen molar-refractivity contribution in [3.05, 3.63) is 23.8 Å². The van der Waals surface area contributed by atoms with E-state index in [1.54, 1.807) is 21.3 Å². The molecular formula is C16H23NO5. The summed E-state index contributed by atoms with van der Waals surface area (Å²) < 4.78 is 15.0. The molecule has 0 atom stereocenters. The summed E-state index contributed by atoms with van der Waals surface area (Å²) in [4.78, 5) is 24.6. The summed E-state index contributed by atoms with van der Waals surface area (Å²) in [6.07, 6.45) is 1.17. The number of nitrogens with zero attached hydrogens (tertiary/aromatic N) is 1. The molecule has 1 aromatic carbocycles. The highest BCUT2D eigenvalue weighted by Gasteiger charge is 2.12. The lowest BCUT2D eigenvalue weighted by Crippen LogP contribution is -2.29. The molecule has 1 rings (SSSR count). The number of aryl methyl sites for hydroxylation is 1. The second-order valence-electron chi connectivity index (χ2n) is 4.83. The molecule has 0 unspecified atom stereocenters. The SMILES string of the molecule is COC(=O)CCN(C)C(=O)CCc1ccc(OC)c(OC)c1. The molecule has 0 aliphatic rings. The zero-order valence-electron chi connectivity index (χ0n) is 13.5. The highest BCUT2D eigenvalue weighted by Crippen LogP contribution is 2.27. The Kier molecular flexibility index (Phi) is 7.22. The van der Waals surface area contributed by atoms with Crippen LogP contribution in [0.2, 0.25) is 0 Å². The van der Waals surface area contributed by atoms with Crippen molar-refractivity contribution < 1.29 is 23.8 Å². The summed E-state index contributed by atoms with van der Waals surface area (Å²) in [6, 6.07) is 5.59. The van der Waals surface area contributed by atoms with E-state index in [1.165, 1.54) is 12.0 Å². The third kappa shape index (κ3) is 5.27. The van der Waals surface area contributed by atoms with Gasteiger partial charge in [0.05, 0.1) is 27.8 Å². The number of benzene rings is 1. The number of carbonyl (C=O) groups excluding carboxylic acids is 2. The van der Waals surface area contributed by atoms with E-state index >= 15 is 0 Å². The number of ether oxygens (including phenoxy) is 3. The van der Waals surface area contributed by atoms with Gasteiger partial charge in [0.15, 0.2) is 11.5 Å². The average molecular weight is 309 g/mol. The first kappa shape index (κ1) is 17.8. The predicted octanol–water partition coefficient (Wildman–Crippen LogP) is 1.66. The average Bonchev–Trinajstić information content (AvgIpc) is 2.56. The van der Waals surface area contributed by atoms with Crippen molar-refractivity contribution in [2.24, 2.45) is 0 Å². The van der Waals surface area contributed by atoms with Gasteiger partial charge < -0.3 is 19.1 Å². The number of hydrogen-bond acceptors (Lipinski definition) is 5. The highest BCUT2D eigenvalue weighted by molar-refractivity contribution is 5.77. The standard InChI is InChI=1S/C16H23NO5/c1-17(10-9-16(19)22-4)15(18)8-6-12-5-7-13(20-2)14(11-12)21-3/h5,7,11H,6,8-10H2,1-4H3. The predicted molar refractivity (Wildman–Crippen MR) is 82.1 cm³/mol. The van der Waals surface area contributed by atoms with Gasteiger partial charge in [0.1, 0.15) is 0 Å². The lowest BCUT2D eigenvalue weighted by atomic mass is 10.1. The van der Waals surface area contributed by atoms with Crippen molar-refractivity contribution in [2.45, 2.75) is 19.3 Å². The molecule has 122 valence electrons. The maximum atomic E-state index is 12.0. The molecule has 0 bridgehead atoms. The maximum Gasteiger partial charge on any atom is 0.307 e. The first-order valence-electron chi connectivity index (χ1n) is 7.03. The summed E-state index contributed by atoms with van der Waals surface area (Å²) >= 11 is 0. The van der Waals surface area contributed by atoms with Gasteiger partial charge in [-0.15, -0.1) is 0 Å². The van der Waals surface area contributed by atoms with Crippen LogP contribution in [0.15, 0.2) is 18.2 Å². The summed E-state index contributed by atoms with van der Waals surface area (Å²) in [6.45, 7) is 0.359. The lowest BCUT2D eigenvalue weighted by Gasteiger charge is -2.16. The van der Waals surface area contributed by atoms with Crippen molar-refractivity contribution in [2.75, 3.05) is 34.9 Å². The quantitative estimate of drug-likeness (QED) is 0.683. The Morgan fingerprint density at radius 2 is 1.73 bits per heavy atom. The third-order valence-electron chi connectivity index (χ3n) is 3.38. The number of carbonyl (C=O) groups is 2. The van der Waals surface area contributed by atoms with Crippen LogP contribution in [-0.2, 0) is 20.7 Å². The fourth-order valence-corrected chi connectivity index (χ4v) is 1.96. The van der Waals surface area contributed by atoms with Gasteiger partial charge in [-0.2, -0.15) is 0 Å². The molecule has 0 fully saturated rings. The van der Waals surface area contributed by atoms with Crippen LogP contribution >= 0.6 is 0 Å². The van der Waals surface area contributed by atoms with E-state index in [0.29, 0.717) is 30.9 Å². The third-order valence-corrected chi connectivity index (χ3v) is 3.38. The van der Waals surface area contributed by atoms with Gasteiger partial charge in [0.25, 0.3) is 0 Å². The molecule has 6 nitrogen and oxygen atoms in total. The minimum Gasteiger partial charge on any atom is -0.493 e. The molecule has 1 amide bonds. The Hall–Kier alpha value is -2.24. The number of rotatable bonds is 8. The van der Waals surface area contributed by atoms with Crippen molar-refractivity contribution in [1.82, 2.24) is 4.90 Å². The summed E-state index contributed by atoms with van der Waals surface area (Å²) in [5.74, 6) is 0.970. The van der Waals surface area contributed by atoms with Crippen LogP contribution in [-0.4, -0.2) is 51.7 Å². The van der Waals surface area contributed by atoms with E-state index in [2.05, 4.69) is 4.74 Å². The zero-order chi connectivity index (χ0) is 16.5. The molecule has 0 radical (unpaired) electrons. The Balaban J connectivity index is 2.51. The van der Waals surface area contributed by atoms with Crippen molar-refractivity contribution in [3.63, 3.8) is 0 Å². The number of amides is 1. The normalized spacial score (nSPS) is 10.0. The van der Waals surface area contributed by atoms with Gasteiger partial charge in [0, 0.05) is 20.0 Å². The summed E-state index contributed by atoms with van der Waals surface area (Å²) in [5.41, 5.74) is 0.993. The fraction of sp³-hybridized carbons (Fsp3) is 0.500. The fourth-order valence-electron chi connectivity index (χ4n) is 1.96. The van der Waals surface area contributed by atoms with Gasteiger partial charge in [-0.1, -0.05) is 6.07 Å². The molecular weight excluding hydrogens is 286 g/mol. The topological polar surface area (TPSA) is 65.1 Å². The Morgan fingerprint density at radius 3 is 2.32 bits per heavy atom. The van der Waals surface area contributed by atoms with Crippen LogP contribution in [0.3, 0.4) is 0 Å². The molecule has 1 aromatic rings. The van der Waals surface area contributed by atoms with E-state index in [0.717, 1.165) is 5.56 Å². The van der Waals surface area contributed by atoms with E-state index in [-0.39, 0.29) is 18.3 Å². The zero-order valence-corrected chi connectivity index (χ0v) is 13.5. The largest absolute Gasteiger partial charge is 0.493 e. The van der Waals surface area contributed by atoms with Gasteiger partial charge >= 0.3 is 5.97 Å². The van der Waals surface area contributed by atoms with Crippen LogP contribution in [0.25, 0.3) is 0 Å². The van der Waals surface area contributed by atoms with Crippen molar-refractivity contribution in [1.29, 1.82) is 0 Å². The second-order valence-corrected chi connectivity index (χ2v) is 4.83. The van der Waals surface area contributed by atoms with Gasteiger partial charge in [0.2, 0.25) is 5.91 Å². The van der Waals surface area contributed by atoms with Crippen LogP contribution in [0.5, 0.6) is 11.5 Å². The lowest BCUT2D eigenvalue weighted by molar-refractivity contribution is -0.141. The van der Waals surface area contributed by atoms with Crippen LogP contribution in [0.4, 0.5) is 0 Å². The molecule has 0 aliphatic carbocycles. The minimum absolute atomic E-state index is 0.0151. The summed E-state index contributed by atoms with van der Waals surface area (Å²) in [7, 11) is 6.17. The van der Waals surface area contributed by atoms with Gasteiger partial charge in [-0.3, -0.25) is 9.59 Å². The van der Waals surface area contributed by atoms with Crippen molar-refractivity contribution >= 4 is 11.9 Å². The number of esters is 1. The van der Waals surface area contributed by atoms with Crippen LogP contribution in [0, 0.1) is 0 Å². The molecule has 0 N–H and O–H groups in total. The molecule has 0 spiro atoms. The molecule has 0 heterocycles. The Bertz CT molecular complexity index is 515. The van der Waals surface area contributed by atoms with Crippen LogP contribution < -0.4 is 9.47 Å². The Labute approximate surface area is 131 Å².